The first-order valence-electron chi connectivity index (χ1n) is 4.43. The highest BCUT2D eigenvalue weighted by atomic mass is 32.2. The van der Waals surface area contributed by atoms with E-state index in [1.807, 2.05) is 0 Å². The zero-order chi connectivity index (χ0) is 9.54. The van der Waals surface area contributed by atoms with Gasteiger partial charge in [-0.3, -0.25) is 4.57 Å². The van der Waals surface area contributed by atoms with E-state index in [2.05, 4.69) is 15.0 Å². The van der Waals surface area contributed by atoms with Gasteiger partial charge in [-0.25, -0.2) is 9.78 Å². The first kappa shape index (κ1) is 8.05. The second-order valence-corrected chi connectivity index (χ2v) is 4.24. The molecule has 6 heteroatoms. The van der Waals surface area contributed by atoms with Gasteiger partial charge in [-0.15, -0.1) is 11.8 Å². The summed E-state index contributed by atoms with van der Waals surface area (Å²) in [6.45, 7) is 0.767. The van der Waals surface area contributed by atoms with Crippen LogP contribution in [0.25, 0.3) is 11.2 Å². The monoisotopic (exact) mass is 208 g/mol. The molecule has 2 aromatic heterocycles. The van der Waals surface area contributed by atoms with Crippen molar-refractivity contribution in [1.82, 2.24) is 19.5 Å². The molecule has 5 nitrogen and oxygen atoms in total. The van der Waals surface area contributed by atoms with Gasteiger partial charge in [-0.05, 0) is 6.42 Å². The third kappa shape index (κ3) is 1.00. The van der Waals surface area contributed by atoms with E-state index >= 15 is 0 Å². The lowest BCUT2D eigenvalue weighted by molar-refractivity contribution is 0.582. The summed E-state index contributed by atoms with van der Waals surface area (Å²) in [6.07, 6.45) is 2.60. The van der Waals surface area contributed by atoms with Crippen molar-refractivity contribution >= 4 is 22.9 Å². The van der Waals surface area contributed by atoms with E-state index in [-0.39, 0.29) is 5.69 Å². The van der Waals surface area contributed by atoms with Gasteiger partial charge in [0, 0.05) is 12.3 Å². The van der Waals surface area contributed by atoms with Crippen LogP contribution < -0.4 is 5.69 Å². The summed E-state index contributed by atoms with van der Waals surface area (Å²) in [7, 11) is 0. The fraction of sp³-hybridized carbons (Fsp3) is 0.375. The average molecular weight is 208 g/mol. The average Bonchev–Trinajstić information content (AvgIpc) is 2.66. The van der Waals surface area contributed by atoms with Crippen LogP contribution in [0.1, 0.15) is 6.42 Å². The standard InChI is InChI=1S/C8H8N4OS/c13-8-11-6-5(9-4-10-6)7-12(8)2-1-3-14-7/h4H,1-3H2,(H,9,10,11,13). The van der Waals surface area contributed by atoms with Crippen molar-refractivity contribution in [2.75, 3.05) is 5.75 Å². The molecule has 0 fully saturated rings. The lowest BCUT2D eigenvalue weighted by atomic mass is 10.4. The molecule has 3 heterocycles. The molecular formula is C8H8N4OS. The second kappa shape index (κ2) is 2.84. The number of aromatic nitrogens is 4. The second-order valence-electron chi connectivity index (χ2n) is 3.15. The minimum Gasteiger partial charge on any atom is -0.341 e. The van der Waals surface area contributed by atoms with Crippen LogP contribution in [-0.2, 0) is 6.54 Å². The number of H-pyrrole nitrogens is 1. The van der Waals surface area contributed by atoms with Gasteiger partial charge >= 0.3 is 5.69 Å². The summed E-state index contributed by atoms with van der Waals surface area (Å²) in [5.41, 5.74) is 1.22. The Kier molecular flexibility index (Phi) is 1.63. The van der Waals surface area contributed by atoms with Crippen LogP contribution in [0.2, 0.25) is 0 Å². The summed E-state index contributed by atoms with van der Waals surface area (Å²) in [6, 6.07) is 0. The fourth-order valence-corrected chi connectivity index (χ4v) is 2.73. The molecule has 0 aromatic carbocycles. The Morgan fingerprint density at radius 1 is 1.57 bits per heavy atom. The maximum absolute atomic E-state index is 11.6. The Bertz CT molecular complexity index is 544. The summed E-state index contributed by atoms with van der Waals surface area (Å²) in [5, 5.41) is 0.976. The predicted octanol–water partition coefficient (Wildman–Crippen LogP) is 0.615. The molecule has 0 bridgehead atoms. The van der Waals surface area contributed by atoms with Crippen molar-refractivity contribution in [3.05, 3.63) is 16.8 Å². The van der Waals surface area contributed by atoms with Crippen LogP contribution in [0, 0.1) is 0 Å². The third-order valence-electron chi connectivity index (χ3n) is 2.28. The van der Waals surface area contributed by atoms with Crippen molar-refractivity contribution in [2.45, 2.75) is 18.0 Å². The van der Waals surface area contributed by atoms with E-state index < -0.39 is 0 Å². The molecule has 3 rings (SSSR count). The normalized spacial score (nSPS) is 15.7. The molecule has 2 aromatic rings. The molecule has 72 valence electrons. The minimum atomic E-state index is -0.188. The fourth-order valence-electron chi connectivity index (χ4n) is 1.64. The molecule has 0 radical (unpaired) electrons. The number of hydrogen-bond acceptors (Lipinski definition) is 4. The SMILES string of the molecule is O=c1nc2nc[nH]c2c2n1CCCS2. The highest BCUT2D eigenvalue weighted by Crippen LogP contribution is 2.27. The molecular weight excluding hydrogens is 200 g/mol. The van der Waals surface area contributed by atoms with E-state index in [0.29, 0.717) is 5.65 Å². The topological polar surface area (TPSA) is 63.6 Å². The third-order valence-corrected chi connectivity index (χ3v) is 3.47. The van der Waals surface area contributed by atoms with Crippen molar-refractivity contribution in [3.8, 4) is 0 Å². The Morgan fingerprint density at radius 2 is 2.50 bits per heavy atom. The van der Waals surface area contributed by atoms with Gasteiger partial charge in [-0.2, -0.15) is 4.98 Å². The summed E-state index contributed by atoms with van der Waals surface area (Å²) in [4.78, 5) is 22.5. The van der Waals surface area contributed by atoms with Gasteiger partial charge < -0.3 is 4.98 Å². The number of thioether (sulfide) groups is 1. The van der Waals surface area contributed by atoms with Crippen molar-refractivity contribution in [2.24, 2.45) is 0 Å². The summed E-state index contributed by atoms with van der Waals surface area (Å²) < 4.78 is 1.72. The van der Waals surface area contributed by atoms with Crippen LogP contribution >= 0.6 is 11.8 Å². The highest BCUT2D eigenvalue weighted by Gasteiger charge is 2.16. The van der Waals surface area contributed by atoms with Crippen molar-refractivity contribution < 1.29 is 0 Å². The Hall–Kier alpha value is -1.30. The van der Waals surface area contributed by atoms with Crippen LogP contribution in [0.3, 0.4) is 0 Å². The molecule has 0 saturated heterocycles. The zero-order valence-corrected chi connectivity index (χ0v) is 8.17. The van der Waals surface area contributed by atoms with E-state index in [1.54, 1.807) is 22.7 Å². The van der Waals surface area contributed by atoms with Crippen LogP contribution in [-0.4, -0.2) is 25.3 Å². The number of rotatable bonds is 0. The van der Waals surface area contributed by atoms with Gasteiger partial charge in [-0.1, -0.05) is 0 Å². The largest absolute Gasteiger partial charge is 0.350 e. The van der Waals surface area contributed by atoms with Crippen molar-refractivity contribution in [3.63, 3.8) is 0 Å². The van der Waals surface area contributed by atoms with Crippen LogP contribution in [0.15, 0.2) is 16.1 Å². The number of aromatic amines is 1. The first-order chi connectivity index (χ1) is 6.86. The maximum Gasteiger partial charge on any atom is 0.350 e. The molecule has 0 atom stereocenters. The van der Waals surface area contributed by atoms with Gasteiger partial charge in [0.2, 0.25) is 0 Å². The molecule has 1 aliphatic heterocycles. The minimum absolute atomic E-state index is 0.188. The zero-order valence-electron chi connectivity index (χ0n) is 7.36. The quantitative estimate of drug-likeness (QED) is 0.644. The van der Waals surface area contributed by atoms with Gasteiger partial charge in [0.05, 0.1) is 6.33 Å². The van der Waals surface area contributed by atoms with E-state index in [4.69, 9.17) is 0 Å². The molecule has 0 unspecified atom stereocenters. The summed E-state index contributed by atoms with van der Waals surface area (Å²) >= 11 is 1.69. The number of nitrogens with zero attached hydrogens (tertiary/aromatic N) is 3. The van der Waals surface area contributed by atoms with Crippen LogP contribution in [0.4, 0.5) is 0 Å². The lowest BCUT2D eigenvalue weighted by Crippen LogP contribution is -2.27. The van der Waals surface area contributed by atoms with Gasteiger partial charge in [0.1, 0.15) is 10.5 Å². The maximum atomic E-state index is 11.6. The predicted molar refractivity (Wildman–Crippen MR) is 53.5 cm³/mol. The van der Waals surface area contributed by atoms with Gasteiger partial charge in [0.15, 0.2) is 5.65 Å². The lowest BCUT2D eigenvalue weighted by Gasteiger charge is -2.16. The van der Waals surface area contributed by atoms with Crippen LogP contribution in [0.5, 0.6) is 0 Å². The molecule has 0 amide bonds. The van der Waals surface area contributed by atoms with E-state index in [1.165, 1.54) is 0 Å². The van der Waals surface area contributed by atoms with E-state index in [0.717, 1.165) is 29.3 Å². The Balaban J connectivity index is 2.45. The molecule has 1 N–H and O–H groups in total. The van der Waals surface area contributed by atoms with E-state index in [9.17, 15) is 4.79 Å². The molecule has 0 saturated carbocycles. The molecule has 14 heavy (non-hydrogen) atoms. The summed E-state index contributed by atoms with van der Waals surface area (Å²) in [5.74, 6) is 1.05. The smallest absolute Gasteiger partial charge is 0.341 e. The Labute approximate surface area is 83.6 Å². The number of fused-ring (bicyclic) bond motifs is 3. The Morgan fingerprint density at radius 3 is 3.43 bits per heavy atom. The number of imidazole rings is 1. The molecule has 1 aliphatic rings. The number of nitrogens with one attached hydrogen (secondary N) is 1. The number of hydrogen-bond donors (Lipinski definition) is 1. The highest BCUT2D eigenvalue weighted by molar-refractivity contribution is 7.99. The van der Waals surface area contributed by atoms with Gasteiger partial charge in [0.25, 0.3) is 0 Å². The first-order valence-corrected chi connectivity index (χ1v) is 5.41. The molecule has 0 spiro atoms. The molecule has 0 aliphatic carbocycles. The van der Waals surface area contributed by atoms with Crippen molar-refractivity contribution in [1.29, 1.82) is 0 Å².